The van der Waals surface area contributed by atoms with Crippen molar-refractivity contribution in [3.05, 3.63) is 41.5 Å². The molecule has 0 saturated carbocycles. The molecule has 0 bridgehead atoms. The smallest absolute Gasteiger partial charge is 0.406 e. The highest BCUT2D eigenvalue weighted by atomic mass is 19.4. The fourth-order valence-electron chi connectivity index (χ4n) is 2.85. The van der Waals surface area contributed by atoms with Gasteiger partial charge < -0.3 is 9.53 Å². The zero-order chi connectivity index (χ0) is 19.7. The van der Waals surface area contributed by atoms with Gasteiger partial charge in [-0.2, -0.15) is 0 Å². The molecule has 1 aromatic carbocycles. The number of amidine groups is 1. The third kappa shape index (κ3) is 7.76. The van der Waals surface area contributed by atoms with Crippen molar-refractivity contribution < 1.29 is 22.7 Å². The van der Waals surface area contributed by atoms with Crippen LogP contribution in [0.3, 0.4) is 0 Å². The van der Waals surface area contributed by atoms with Gasteiger partial charge in [-0.3, -0.25) is 5.41 Å². The Hall–Kier alpha value is -2.44. The standard InChI is InChI=1S/C20H23F3N2O2/c21-20(22,23)27-18-11-7-15(8-12-18)4-2-1-3-13-25-19(24)17-9-5-16(14-26)6-10-17/h7-9,11-14,16,24H,1-6,10H2. The summed E-state index contributed by atoms with van der Waals surface area (Å²) < 4.78 is 40.2. The van der Waals surface area contributed by atoms with E-state index in [0.29, 0.717) is 12.8 Å². The SMILES string of the molecule is N=C(N=CCCCCc1ccc(OC(F)(F)F)cc1)C1=CCC(C=O)CC1. The number of hydrogen-bond acceptors (Lipinski definition) is 3. The lowest BCUT2D eigenvalue weighted by molar-refractivity contribution is -0.274. The molecule has 1 aliphatic carbocycles. The number of aliphatic imine (C=N–C) groups is 1. The maximum Gasteiger partial charge on any atom is 0.573 e. The third-order valence-corrected chi connectivity index (χ3v) is 4.37. The zero-order valence-electron chi connectivity index (χ0n) is 15.0. The number of benzene rings is 1. The van der Waals surface area contributed by atoms with Crippen molar-refractivity contribution in [1.29, 1.82) is 5.41 Å². The number of allylic oxidation sites excluding steroid dienone is 1. The number of unbranched alkanes of at least 4 members (excludes halogenated alkanes) is 2. The number of carbonyl (C=O) groups is 1. The Morgan fingerprint density at radius 3 is 2.59 bits per heavy atom. The first kappa shape index (κ1) is 20.9. The molecule has 1 atom stereocenters. The highest BCUT2D eigenvalue weighted by Crippen LogP contribution is 2.24. The van der Waals surface area contributed by atoms with Gasteiger partial charge in [0.25, 0.3) is 0 Å². The van der Waals surface area contributed by atoms with Crippen molar-refractivity contribution in [2.45, 2.75) is 51.3 Å². The number of aryl methyl sites for hydroxylation is 1. The average molecular weight is 380 g/mol. The summed E-state index contributed by atoms with van der Waals surface area (Å²) in [4.78, 5) is 14.9. The van der Waals surface area contributed by atoms with Crippen LogP contribution in [0.25, 0.3) is 0 Å². The van der Waals surface area contributed by atoms with Gasteiger partial charge >= 0.3 is 6.36 Å². The summed E-state index contributed by atoms with van der Waals surface area (Å²) in [5, 5.41) is 7.96. The van der Waals surface area contributed by atoms with Gasteiger partial charge in [-0.1, -0.05) is 18.2 Å². The summed E-state index contributed by atoms with van der Waals surface area (Å²) in [5.41, 5.74) is 1.84. The van der Waals surface area contributed by atoms with Gasteiger partial charge in [-0.05, 0) is 68.2 Å². The lowest BCUT2D eigenvalue weighted by atomic mass is 9.90. The first-order valence-electron chi connectivity index (χ1n) is 8.98. The van der Waals surface area contributed by atoms with Crippen LogP contribution in [0.15, 0.2) is 40.9 Å². The Balaban J connectivity index is 1.65. The molecule has 1 aliphatic rings. The monoisotopic (exact) mass is 380 g/mol. The number of aldehydes is 1. The van der Waals surface area contributed by atoms with E-state index < -0.39 is 6.36 Å². The van der Waals surface area contributed by atoms with Crippen LogP contribution in [0.4, 0.5) is 13.2 Å². The van der Waals surface area contributed by atoms with Crippen LogP contribution in [-0.4, -0.2) is 24.7 Å². The van der Waals surface area contributed by atoms with Crippen LogP contribution >= 0.6 is 0 Å². The average Bonchev–Trinajstić information content (AvgIpc) is 2.64. The second-order valence-corrected chi connectivity index (χ2v) is 6.50. The van der Waals surface area contributed by atoms with Gasteiger partial charge in [-0.25, -0.2) is 4.99 Å². The van der Waals surface area contributed by atoms with Gasteiger partial charge in [0, 0.05) is 12.1 Å². The second-order valence-electron chi connectivity index (χ2n) is 6.50. The lowest BCUT2D eigenvalue weighted by Gasteiger charge is -2.15. The molecule has 0 heterocycles. The minimum atomic E-state index is -4.67. The molecule has 0 fully saturated rings. The Labute approximate surface area is 156 Å². The van der Waals surface area contributed by atoms with Crippen LogP contribution in [0, 0.1) is 11.3 Å². The lowest BCUT2D eigenvalue weighted by Crippen LogP contribution is -2.17. The molecular weight excluding hydrogens is 357 g/mol. The van der Waals surface area contributed by atoms with Crippen LogP contribution < -0.4 is 4.74 Å². The van der Waals surface area contributed by atoms with Crippen molar-refractivity contribution in [3.8, 4) is 5.75 Å². The molecule has 2 rings (SSSR count). The Bertz CT molecular complexity index is 694. The predicted octanol–water partition coefficient (Wildman–Crippen LogP) is 5.27. The Morgan fingerprint density at radius 1 is 1.26 bits per heavy atom. The molecule has 0 radical (unpaired) electrons. The second kappa shape index (κ2) is 10.0. The molecule has 0 spiro atoms. The van der Waals surface area contributed by atoms with E-state index in [1.54, 1.807) is 18.3 Å². The summed E-state index contributed by atoms with van der Waals surface area (Å²) in [6, 6.07) is 5.90. The van der Waals surface area contributed by atoms with Crippen molar-refractivity contribution >= 4 is 18.3 Å². The maximum atomic E-state index is 12.1. The third-order valence-electron chi connectivity index (χ3n) is 4.37. The van der Waals surface area contributed by atoms with Crippen LogP contribution in [-0.2, 0) is 11.2 Å². The van der Waals surface area contributed by atoms with E-state index in [1.165, 1.54) is 12.1 Å². The normalized spacial score (nSPS) is 17.6. The quantitative estimate of drug-likeness (QED) is 0.289. The van der Waals surface area contributed by atoms with Crippen LogP contribution in [0.5, 0.6) is 5.75 Å². The van der Waals surface area contributed by atoms with Crippen molar-refractivity contribution in [2.75, 3.05) is 0 Å². The minimum Gasteiger partial charge on any atom is -0.406 e. The van der Waals surface area contributed by atoms with E-state index in [-0.39, 0.29) is 17.5 Å². The number of rotatable bonds is 8. The van der Waals surface area contributed by atoms with Gasteiger partial charge in [0.2, 0.25) is 0 Å². The molecule has 0 saturated heterocycles. The van der Waals surface area contributed by atoms with Crippen LogP contribution in [0.1, 0.15) is 44.1 Å². The van der Waals surface area contributed by atoms with Crippen molar-refractivity contribution in [1.82, 2.24) is 0 Å². The number of hydrogen-bond donors (Lipinski definition) is 1. The molecule has 0 aromatic heterocycles. The molecule has 146 valence electrons. The number of ether oxygens (including phenoxy) is 1. The Morgan fingerprint density at radius 2 is 2.00 bits per heavy atom. The molecule has 4 nitrogen and oxygen atoms in total. The topological polar surface area (TPSA) is 62.5 Å². The number of nitrogens with one attached hydrogen (secondary N) is 1. The largest absolute Gasteiger partial charge is 0.573 e. The first-order valence-corrected chi connectivity index (χ1v) is 8.98. The molecule has 1 unspecified atom stereocenters. The van der Waals surface area contributed by atoms with Gasteiger partial charge in [0.15, 0.2) is 0 Å². The molecule has 1 aromatic rings. The van der Waals surface area contributed by atoms with E-state index in [4.69, 9.17) is 5.41 Å². The van der Waals surface area contributed by atoms with Gasteiger partial charge in [0.05, 0.1) is 0 Å². The molecule has 0 amide bonds. The van der Waals surface area contributed by atoms with Crippen LogP contribution in [0.2, 0.25) is 0 Å². The fourth-order valence-corrected chi connectivity index (χ4v) is 2.85. The van der Waals surface area contributed by atoms with E-state index in [1.807, 2.05) is 6.08 Å². The van der Waals surface area contributed by atoms with Crippen molar-refractivity contribution in [3.63, 3.8) is 0 Å². The summed E-state index contributed by atoms with van der Waals surface area (Å²) in [6.07, 6.45) is 5.39. The molecule has 1 N–H and O–H groups in total. The number of halogens is 3. The van der Waals surface area contributed by atoms with E-state index in [0.717, 1.165) is 49.5 Å². The summed E-state index contributed by atoms with van der Waals surface area (Å²) in [5.74, 6) is 0.118. The van der Waals surface area contributed by atoms with Gasteiger partial charge in [-0.15, -0.1) is 13.2 Å². The van der Waals surface area contributed by atoms with Gasteiger partial charge in [0.1, 0.15) is 17.9 Å². The number of alkyl halides is 3. The summed E-state index contributed by atoms with van der Waals surface area (Å²) in [7, 11) is 0. The predicted molar refractivity (Wildman–Crippen MR) is 98.4 cm³/mol. The molecule has 0 aliphatic heterocycles. The fraction of sp³-hybridized carbons (Fsp3) is 0.450. The van der Waals surface area contributed by atoms with E-state index in [2.05, 4.69) is 9.73 Å². The molecular formula is C20H23F3N2O2. The maximum absolute atomic E-state index is 12.1. The number of nitrogens with zero attached hydrogens (tertiary/aromatic N) is 1. The first-order chi connectivity index (χ1) is 12.9. The van der Waals surface area contributed by atoms with Crippen molar-refractivity contribution in [2.24, 2.45) is 10.9 Å². The van der Waals surface area contributed by atoms with E-state index >= 15 is 0 Å². The summed E-state index contributed by atoms with van der Waals surface area (Å²) in [6.45, 7) is 0. The molecule has 7 heteroatoms. The highest BCUT2D eigenvalue weighted by Gasteiger charge is 2.30. The van der Waals surface area contributed by atoms with E-state index in [9.17, 15) is 18.0 Å². The Kier molecular flexibility index (Phi) is 7.76. The highest BCUT2D eigenvalue weighted by molar-refractivity contribution is 6.00. The minimum absolute atomic E-state index is 0.0691. The number of carbonyl (C=O) groups excluding carboxylic acids is 1. The zero-order valence-corrected chi connectivity index (χ0v) is 15.0. The summed E-state index contributed by atoms with van der Waals surface area (Å²) >= 11 is 0. The molecule has 27 heavy (non-hydrogen) atoms.